The molecule has 1 rings (SSSR count). The zero-order chi connectivity index (χ0) is 13.1. The van der Waals surface area contributed by atoms with Crippen LogP contribution in [0.15, 0.2) is 11.4 Å². The van der Waals surface area contributed by atoms with Gasteiger partial charge in [-0.25, -0.2) is 0 Å². The first-order valence-electron chi connectivity index (χ1n) is 5.94. The van der Waals surface area contributed by atoms with Crippen LogP contribution in [0.3, 0.4) is 0 Å². The van der Waals surface area contributed by atoms with Crippen LogP contribution in [0.5, 0.6) is 0 Å². The van der Waals surface area contributed by atoms with Crippen molar-refractivity contribution in [2.75, 3.05) is 0 Å². The van der Waals surface area contributed by atoms with E-state index in [0.717, 1.165) is 6.42 Å². The van der Waals surface area contributed by atoms with Crippen LogP contribution < -0.4 is 11.1 Å². The fourth-order valence-electron chi connectivity index (χ4n) is 1.51. The van der Waals surface area contributed by atoms with Gasteiger partial charge in [0, 0.05) is 4.88 Å². The fraction of sp³-hybridized carbons (Fsp3) is 0.615. The van der Waals surface area contributed by atoms with Gasteiger partial charge in [-0.3, -0.25) is 4.79 Å². The normalized spacial score (nSPS) is 13.5. The molecule has 0 bridgehead atoms. The van der Waals surface area contributed by atoms with Crippen LogP contribution in [0, 0.1) is 5.41 Å². The van der Waals surface area contributed by atoms with Crippen molar-refractivity contribution in [2.24, 2.45) is 11.1 Å². The molecule has 1 aromatic heterocycles. The molecule has 1 atom stereocenters. The third kappa shape index (κ3) is 3.82. The van der Waals surface area contributed by atoms with Crippen molar-refractivity contribution in [3.63, 3.8) is 0 Å². The van der Waals surface area contributed by atoms with Gasteiger partial charge in [0.2, 0.25) is 5.91 Å². The van der Waals surface area contributed by atoms with E-state index in [1.807, 2.05) is 20.8 Å². The Morgan fingerprint density at radius 1 is 1.53 bits per heavy atom. The number of amides is 1. The minimum absolute atomic E-state index is 0.0760. The number of carbonyl (C=O) groups excluding carboxylic acids is 1. The molecule has 1 aromatic rings. The zero-order valence-electron chi connectivity index (χ0n) is 11.0. The maximum atomic E-state index is 11.9. The predicted octanol–water partition coefficient (Wildman–Crippen LogP) is 2.30. The molecule has 0 unspecified atom stereocenters. The molecule has 0 aliphatic rings. The van der Waals surface area contributed by atoms with Gasteiger partial charge < -0.3 is 11.1 Å². The maximum Gasteiger partial charge on any atom is 0.237 e. The van der Waals surface area contributed by atoms with Gasteiger partial charge in [0.25, 0.3) is 0 Å². The number of aryl methyl sites for hydroxylation is 1. The molecular formula is C13H22N2OS. The Kier molecular flexibility index (Phi) is 4.71. The molecule has 0 aliphatic carbocycles. The van der Waals surface area contributed by atoms with E-state index in [1.54, 1.807) is 11.3 Å². The van der Waals surface area contributed by atoms with Crippen LogP contribution >= 0.6 is 11.3 Å². The van der Waals surface area contributed by atoms with Crippen LogP contribution in [-0.2, 0) is 17.8 Å². The van der Waals surface area contributed by atoms with Gasteiger partial charge in [-0.05, 0) is 28.8 Å². The standard InChI is InChI=1S/C13H22N2OS/c1-5-9-6-7-17-10(9)8-15-12(16)11(14)13(2,3)4/h6-7,11H,5,8,14H2,1-4H3,(H,15,16)/t11-/m0/s1. The van der Waals surface area contributed by atoms with E-state index in [9.17, 15) is 4.79 Å². The average Bonchev–Trinajstić information content (AvgIpc) is 2.70. The number of hydrogen-bond acceptors (Lipinski definition) is 3. The van der Waals surface area contributed by atoms with Crippen molar-refractivity contribution in [1.82, 2.24) is 5.32 Å². The predicted molar refractivity (Wildman–Crippen MR) is 73.0 cm³/mol. The Hall–Kier alpha value is -0.870. The summed E-state index contributed by atoms with van der Waals surface area (Å²) in [6.07, 6.45) is 1.00. The minimum Gasteiger partial charge on any atom is -0.350 e. The molecule has 3 N–H and O–H groups in total. The van der Waals surface area contributed by atoms with Crippen LogP contribution in [0.4, 0.5) is 0 Å². The summed E-state index contributed by atoms with van der Waals surface area (Å²) in [5.74, 6) is -0.0760. The smallest absolute Gasteiger partial charge is 0.237 e. The first-order valence-corrected chi connectivity index (χ1v) is 6.82. The molecule has 0 spiro atoms. The van der Waals surface area contributed by atoms with Crippen LogP contribution in [0.1, 0.15) is 38.1 Å². The lowest BCUT2D eigenvalue weighted by atomic mass is 9.87. The summed E-state index contributed by atoms with van der Waals surface area (Å²) in [4.78, 5) is 13.1. The summed E-state index contributed by atoms with van der Waals surface area (Å²) in [5.41, 5.74) is 7.00. The van der Waals surface area contributed by atoms with E-state index >= 15 is 0 Å². The average molecular weight is 254 g/mol. The molecule has 0 fully saturated rings. The lowest BCUT2D eigenvalue weighted by Gasteiger charge is -2.25. The monoisotopic (exact) mass is 254 g/mol. The minimum atomic E-state index is -0.465. The van der Waals surface area contributed by atoms with Crippen molar-refractivity contribution in [3.8, 4) is 0 Å². The van der Waals surface area contributed by atoms with Gasteiger partial charge in [-0.15, -0.1) is 11.3 Å². The van der Waals surface area contributed by atoms with Gasteiger partial charge in [-0.2, -0.15) is 0 Å². The molecule has 4 heteroatoms. The van der Waals surface area contributed by atoms with E-state index in [4.69, 9.17) is 5.73 Å². The molecule has 1 amide bonds. The lowest BCUT2D eigenvalue weighted by Crippen LogP contribution is -2.48. The first kappa shape index (κ1) is 14.2. The highest BCUT2D eigenvalue weighted by molar-refractivity contribution is 7.10. The largest absolute Gasteiger partial charge is 0.350 e. The molecule has 0 radical (unpaired) electrons. The Morgan fingerprint density at radius 2 is 2.18 bits per heavy atom. The van der Waals surface area contributed by atoms with Gasteiger partial charge in [-0.1, -0.05) is 27.7 Å². The molecule has 0 saturated heterocycles. The maximum absolute atomic E-state index is 11.9. The summed E-state index contributed by atoms with van der Waals surface area (Å²) in [7, 11) is 0. The molecule has 1 heterocycles. The van der Waals surface area contributed by atoms with Crippen molar-refractivity contribution >= 4 is 17.2 Å². The second-order valence-electron chi connectivity index (χ2n) is 5.28. The molecule has 0 aliphatic heterocycles. The second-order valence-corrected chi connectivity index (χ2v) is 6.28. The van der Waals surface area contributed by atoms with E-state index in [-0.39, 0.29) is 11.3 Å². The van der Waals surface area contributed by atoms with Crippen LogP contribution in [0.2, 0.25) is 0 Å². The summed E-state index contributed by atoms with van der Waals surface area (Å²) < 4.78 is 0. The highest BCUT2D eigenvalue weighted by Crippen LogP contribution is 2.19. The van der Waals surface area contributed by atoms with Gasteiger partial charge in [0.05, 0.1) is 12.6 Å². The molecule has 0 saturated carbocycles. The number of thiophene rings is 1. The Balaban J connectivity index is 2.54. The molecule has 96 valence electrons. The number of nitrogens with one attached hydrogen (secondary N) is 1. The zero-order valence-corrected chi connectivity index (χ0v) is 11.9. The quantitative estimate of drug-likeness (QED) is 0.866. The Labute approximate surface area is 107 Å². The number of hydrogen-bond donors (Lipinski definition) is 2. The summed E-state index contributed by atoms with van der Waals surface area (Å²) >= 11 is 1.68. The number of rotatable bonds is 4. The van der Waals surface area contributed by atoms with E-state index in [0.29, 0.717) is 6.54 Å². The Morgan fingerprint density at radius 3 is 2.71 bits per heavy atom. The summed E-state index contributed by atoms with van der Waals surface area (Å²) in [6.45, 7) is 8.62. The van der Waals surface area contributed by atoms with E-state index in [1.165, 1.54) is 10.4 Å². The molecule has 17 heavy (non-hydrogen) atoms. The SMILES string of the molecule is CCc1ccsc1CNC(=O)[C@H](N)C(C)(C)C. The van der Waals surface area contributed by atoms with Crippen molar-refractivity contribution < 1.29 is 4.79 Å². The van der Waals surface area contributed by atoms with Gasteiger partial charge in [0.1, 0.15) is 0 Å². The number of carbonyl (C=O) groups is 1. The third-order valence-electron chi connectivity index (χ3n) is 2.86. The van der Waals surface area contributed by atoms with Crippen molar-refractivity contribution in [2.45, 2.75) is 46.7 Å². The summed E-state index contributed by atoms with van der Waals surface area (Å²) in [5, 5.41) is 4.97. The topological polar surface area (TPSA) is 55.1 Å². The van der Waals surface area contributed by atoms with Gasteiger partial charge >= 0.3 is 0 Å². The van der Waals surface area contributed by atoms with Crippen molar-refractivity contribution in [1.29, 1.82) is 0 Å². The Bertz CT molecular complexity index is 379. The highest BCUT2D eigenvalue weighted by atomic mass is 32.1. The number of nitrogens with two attached hydrogens (primary N) is 1. The highest BCUT2D eigenvalue weighted by Gasteiger charge is 2.27. The molecule has 0 aromatic carbocycles. The van der Waals surface area contributed by atoms with E-state index in [2.05, 4.69) is 23.7 Å². The first-order chi connectivity index (χ1) is 7.86. The lowest BCUT2D eigenvalue weighted by molar-refractivity contribution is -0.124. The fourth-order valence-corrected chi connectivity index (χ4v) is 2.42. The van der Waals surface area contributed by atoms with Crippen LogP contribution in [-0.4, -0.2) is 11.9 Å². The summed E-state index contributed by atoms with van der Waals surface area (Å²) in [6, 6.07) is 1.64. The van der Waals surface area contributed by atoms with Crippen molar-refractivity contribution in [3.05, 3.63) is 21.9 Å². The van der Waals surface area contributed by atoms with E-state index < -0.39 is 6.04 Å². The van der Waals surface area contributed by atoms with Crippen LogP contribution in [0.25, 0.3) is 0 Å². The molecule has 3 nitrogen and oxygen atoms in total. The third-order valence-corrected chi connectivity index (χ3v) is 3.82. The van der Waals surface area contributed by atoms with Gasteiger partial charge in [0.15, 0.2) is 0 Å². The molecular weight excluding hydrogens is 232 g/mol. The second kappa shape index (κ2) is 5.65.